The van der Waals surface area contributed by atoms with Crippen molar-refractivity contribution in [1.29, 1.82) is 0 Å². The second-order valence-electron chi connectivity index (χ2n) is 4.40. The molecule has 1 aromatic heterocycles. The van der Waals surface area contributed by atoms with E-state index in [0.29, 0.717) is 17.9 Å². The molecule has 0 saturated carbocycles. The number of halogens is 2. The maximum Gasteiger partial charge on any atom is 0.321 e. The van der Waals surface area contributed by atoms with Crippen LogP contribution in [0.25, 0.3) is 0 Å². The first kappa shape index (κ1) is 15.0. The van der Waals surface area contributed by atoms with Crippen molar-refractivity contribution in [2.24, 2.45) is 0 Å². The van der Waals surface area contributed by atoms with E-state index in [0.717, 1.165) is 32.3 Å². The van der Waals surface area contributed by atoms with E-state index in [4.69, 9.17) is 4.74 Å². The molecule has 0 unspecified atom stereocenters. The van der Waals surface area contributed by atoms with E-state index in [1.807, 2.05) is 0 Å². The number of hydrogen-bond acceptors (Lipinski definition) is 5. The van der Waals surface area contributed by atoms with E-state index in [9.17, 15) is 13.6 Å². The van der Waals surface area contributed by atoms with Gasteiger partial charge in [-0.05, 0) is 25.7 Å². The number of rotatable bonds is 5. The summed E-state index contributed by atoms with van der Waals surface area (Å²) in [5, 5.41) is 11.4. The van der Waals surface area contributed by atoms with Gasteiger partial charge < -0.3 is 10.1 Å². The van der Waals surface area contributed by atoms with Crippen LogP contribution in [0.1, 0.15) is 37.1 Å². The van der Waals surface area contributed by atoms with E-state index >= 15 is 0 Å². The summed E-state index contributed by atoms with van der Waals surface area (Å²) in [5.41, 5.74) is 0. The zero-order chi connectivity index (χ0) is 14.4. The van der Waals surface area contributed by atoms with Gasteiger partial charge in [0.1, 0.15) is 0 Å². The zero-order valence-electron chi connectivity index (χ0n) is 10.8. The first-order valence-electron chi connectivity index (χ1n) is 6.43. The Morgan fingerprint density at radius 2 is 2.30 bits per heavy atom. The van der Waals surface area contributed by atoms with Crippen molar-refractivity contribution in [3.8, 4) is 0 Å². The Morgan fingerprint density at radius 1 is 1.45 bits per heavy atom. The van der Waals surface area contributed by atoms with Crippen LogP contribution in [0.2, 0.25) is 0 Å². The van der Waals surface area contributed by atoms with E-state index in [2.05, 4.69) is 20.8 Å². The normalized spacial score (nSPS) is 19.1. The van der Waals surface area contributed by atoms with E-state index in [1.165, 1.54) is 0 Å². The molecule has 20 heavy (non-hydrogen) atoms. The van der Waals surface area contributed by atoms with Crippen molar-refractivity contribution in [2.75, 3.05) is 18.5 Å². The number of aromatic nitrogens is 2. The Hall–Kier alpha value is -1.35. The van der Waals surface area contributed by atoms with Crippen LogP contribution in [0.15, 0.2) is 0 Å². The number of nitrogens with zero attached hydrogens (tertiary/aromatic N) is 2. The van der Waals surface area contributed by atoms with Crippen LogP contribution in [0.3, 0.4) is 0 Å². The summed E-state index contributed by atoms with van der Waals surface area (Å²) >= 11 is 0.662. The average molecular weight is 306 g/mol. The largest absolute Gasteiger partial charge is 0.378 e. The van der Waals surface area contributed by atoms with Gasteiger partial charge in [0.25, 0.3) is 6.43 Å². The molecular formula is C11H16F2N4O2S. The molecule has 0 spiro atoms. The smallest absolute Gasteiger partial charge is 0.321 e. The van der Waals surface area contributed by atoms with Crippen molar-refractivity contribution in [2.45, 2.75) is 38.2 Å². The number of ether oxygens (including phenoxy) is 1. The van der Waals surface area contributed by atoms with Gasteiger partial charge in [0, 0.05) is 13.2 Å². The van der Waals surface area contributed by atoms with Crippen molar-refractivity contribution in [1.82, 2.24) is 15.5 Å². The van der Waals surface area contributed by atoms with Gasteiger partial charge in [-0.15, -0.1) is 10.2 Å². The SMILES string of the molecule is O=C(NCC[C@H]1CCCCO1)Nc1nnc(C(F)F)s1. The number of alkyl halides is 2. The summed E-state index contributed by atoms with van der Waals surface area (Å²) < 4.78 is 30.1. The van der Waals surface area contributed by atoms with E-state index < -0.39 is 17.5 Å². The molecule has 0 radical (unpaired) electrons. The standard InChI is InChI=1S/C11H16F2N4O2S/c12-8(13)9-16-17-11(20-9)15-10(18)14-5-4-7-3-1-2-6-19-7/h7-8H,1-6H2,(H2,14,15,17,18)/t7-/m1/s1. The second-order valence-corrected chi connectivity index (χ2v) is 5.41. The summed E-state index contributed by atoms with van der Waals surface area (Å²) in [6.07, 6.45) is 1.51. The Labute approximate surface area is 118 Å². The average Bonchev–Trinajstić information content (AvgIpc) is 2.88. The van der Waals surface area contributed by atoms with Crippen LogP contribution in [-0.4, -0.2) is 35.5 Å². The Balaban J connectivity index is 1.66. The molecule has 0 aliphatic carbocycles. The lowest BCUT2D eigenvalue weighted by molar-refractivity contribution is 0.0120. The fourth-order valence-electron chi connectivity index (χ4n) is 1.90. The molecule has 1 saturated heterocycles. The monoisotopic (exact) mass is 306 g/mol. The van der Waals surface area contributed by atoms with Crippen molar-refractivity contribution in [3.05, 3.63) is 5.01 Å². The third-order valence-corrected chi connectivity index (χ3v) is 3.72. The summed E-state index contributed by atoms with van der Waals surface area (Å²) in [4.78, 5) is 11.5. The number of anilines is 1. The lowest BCUT2D eigenvalue weighted by Gasteiger charge is -2.22. The van der Waals surface area contributed by atoms with E-state index in [-0.39, 0.29) is 11.2 Å². The molecule has 2 amide bonds. The highest BCUT2D eigenvalue weighted by molar-refractivity contribution is 7.15. The summed E-state index contributed by atoms with van der Waals surface area (Å²) in [5.74, 6) is 0. The maximum atomic E-state index is 12.3. The molecule has 0 bridgehead atoms. The molecular weight excluding hydrogens is 290 g/mol. The second kappa shape index (κ2) is 7.44. The number of nitrogens with one attached hydrogen (secondary N) is 2. The predicted molar refractivity (Wildman–Crippen MR) is 70.1 cm³/mol. The number of carbonyl (C=O) groups excluding carboxylic acids is 1. The molecule has 112 valence electrons. The molecule has 1 atom stereocenters. The first-order valence-corrected chi connectivity index (χ1v) is 7.25. The topological polar surface area (TPSA) is 76.1 Å². The van der Waals surface area contributed by atoms with Crippen LogP contribution in [-0.2, 0) is 4.74 Å². The maximum absolute atomic E-state index is 12.3. The molecule has 1 aromatic rings. The van der Waals surface area contributed by atoms with E-state index in [1.54, 1.807) is 0 Å². The van der Waals surface area contributed by atoms with Gasteiger partial charge in [-0.25, -0.2) is 13.6 Å². The Kier molecular flexibility index (Phi) is 5.60. The van der Waals surface area contributed by atoms with Crippen LogP contribution >= 0.6 is 11.3 Å². The minimum Gasteiger partial charge on any atom is -0.378 e. The number of urea groups is 1. The predicted octanol–water partition coefficient (Wildman–Crippen LogP) is 2.56. The number of hydrogen-bond donors (Lipinski definition) is 2. The third-order valence-electron chi connectivity index (χ3n) is 2.87. The molecule has 1 aliphatic rings. The van der Waals surface area contributed by atoms with Gasteiger partial charge in [0.05, 0.1) is 6.10 Å². The van der Waals surface area contributed by atoms with Gasteiger partial charge in [0.2, 0.25) is 5.13 Å². The van der Waals surface area contributed by atoms with Crippen molar-refractivity contribution in [3.63, 3.8) is 0 Å². The molecule has 1 aliphatic heterocycles. The van der Waals surface area contributed by atoms with Gasteiger partial charge in [-0.2, -0.15) is 0 Å². The number of carbonyl (C=O) groups is 1. The van der Waals surface area contributed by atoms with Gasteiger partial charge >= 0.3 is 6.03 Å². The number of amides is 2. The molecule has 6 nitrogen and oxygen atoms in total. The molecule has 2 N–H and O–H groups in total. The highest BCUT2D eigenvalue weighted by atomic mass is 32.1. The van der Waals surface area contributed by atoms with Crippen LogP contribution in [0.5, 0.6) is 0 Å². The summed E-state index contributed by atoms with van der Waals surface area (Å²) in [6.45, 7) is 1.25. The lowest BCUT2D eigenvalue weighted by Crippen LogP contribution is -2.32. The fourth-order valence-corrected chi connectivity index (χ4v) is 2.49. The first-order chi connectivity index (χ1) is 9.65. The fraction of sp³-hybridized carbons (Fsp3) is 0.727. The van der Waals surface area contributed by atoms with Crippen LogP contribution < -0.4 is 10.6 Å². The summed E-state index contributed by atoms with van der Waals surface area (Å²) in [7, 11) is 0. The Bertz CT molecular complexity index is 438. The minimum atomic E-state index is -2.67. The summed E-state index contributed by atoms with van der Waals surface area (Å²) in [6, 6.07) is -0.474. The zero-order valence-corrected chi connectivity index (χ0v) is 11.6. The van der Waals surface area contributed by atoms with Crippen molar-refractivity contribution < 1.29 is 18.3 Å². The van der Waals surface area contributed by atoms with Gasteiger partial charge in [0.15, 0.2) is 5.01 Å². The van der Waals surface area contributed by atoms with Crippen molar-refractivity contribution >= 4 is 22.5 Å². The molecule has 0 aromatic carbocycles. The highest BCUT2D eigenvalue weighted by Gasteiger charge is 2.16. The molecule has 1 fully saturated rings. The third kappa shape index (κ3) is 4.64. The molecule has 2 rings (SSSR count). The lowest BCUT2D eigenvalue weighted by atomic mass is 10.1. The molecule has 2 heterocycles. The van der Waals surface area contributed by atoms with Gasteiger partial charge in [-0.3, -0.25) is 5.32 Å². The quantitative estimate of drug-likeness (QED) is 0.876. The Morgan fingerprint density at radius 3 is 2.95 bits per heavy atom. The van der Waals surface area contributed by atoms with Crippen LogP contribution in [0.4, 0.5) is 18.7 Å². The minimum absolute atomic E-state index is 0.0618. The highest BCUT2D eigenvalue weighted by Crippen LogP contribution is 2.24. The van der Waals surface area contributed by atoms with Gasteiger partial charge in [-0.1, -0.05) is 11.3 Å². The van der Waals surface area contributed by atoms with Crippen LogP contribution in [0, 0.1) is 0 Å². The molecule has 9 heteroatoms.